The average molecular weight is 259 g/mol. The first-order chi connectivity index (χ1) is 8.74. The van der Waals surface area contributed by atoms with Gasteiger partial charge in [0.05, 0.1) is 5.39 Å². The summed E-state index contributed by atoms with van der Waals surface area (Å²) in [6, 6.07) is 2.14. The van der Waals surface area contributed by atoms with E-state index >= 15 is 0 Å². The molecule has 3 nitrogen and oxygen atoms in total. The number of nitrogens with one attached hydrogen (secondary N) is 1. The highest BCUT2D eigenvalue weighted by Gasteiger charge is 2.09. The van der Waals surface area contributed by atoms with E-state index in [1.165, 1.54) is 4.88 Å². The Labute approximate surface area is 112 Å². The lowest BCUT2D eigenvalue weighted by Gasteiger charge is -2.07. The largest absolute Gasteiger partial charge is 0.369 e. The molecule has 2 aromatic heterocycles. The van der Waals surface area contributed by atoms with Crippen LogP contribution in [0, 0.1) is 19.3 Å². The normalized spacial score (nSPS) is 10.5. The minimum Gasteiger partial charge on any atom is -0.369 e. The Hall–Kier alpha value is -1.60. The van der Waals surface area contributed by atoms with Crippen molar-refractivity contribution in [2.24, 2.45) is 0 Å². The van der Waals surface area contributed by atoms with Crippen molar-refractivity contribution in [1.29, 1.82) is 0 Å². The van der Waals surface area contributed by atoms with Gasteiger partial charge in [-0.1, -0.05) is 6.92 Å². The van der Waals surface area contributed by atoms with Gasteiger partial charge < -0.3 is 5.32 Å². The fourth-order valence-electron chi connectivity index (χ4n) is 1.78. The maximum absolute atomic E-state index is 5.25. The van der Waals surface area contributed by atoms with Crippen molar-refractivity contribution in [1.82, 2.24) is 9.97 Å². The van der Waals surface area contributed by atoms with E-state index < -0.39 is 0 Å². The molecule has 0 amide bonds. The summed E-state index contributed by atoms with van der Waals surface area (Å²) in [7, 11) is 0. The van der Waals surface area contributed by atoms with Gasteiger partial charge in [0.1, 0.15) is 16.5 Å². The van der Waals surface area contributed by atoms with Gasteiger partial charge in [0.15, 0.2) is 0 Å². The molecule has 0 aromatic carbocycles. The standard InChI is InChI=1S/C14H17N3S/c1-4-6-7-8-15-13-11-9-10(3)18-14(11)17-12(5-2)16-13/h1,9H,5-8H2,2-3H3,(H,15,16,17). The highest BCUT2D eigenvalue weighted by atomic mass is 32.1. The van der Waals surface area contributed by atoms with E-state index in [-0.39, 0.29) is 0 Å². The number of unbranched alkanes of at least 4 members (excludes halogenated alkanes) is 1. The Balaban J connectivity index is 2.26. The Morgan fingerprint density at radius 3 is 3.00 bits per heavy atom. The average Bonchev–Trinajstić information content (AvgIpc) is 2.74. The van der Waals surface area contributed by atoms with Crippen LogP contribution >= 0.6 is 11.3 Å². The fraction of sp³-hybridized carbons (Fsp3) is 0.429. The number of nitrogens with zero attached hydrogens (tertiary/aromatic N) is 2. The lowest BCUT2D eigenvalue weighted by molar-refractivity contribution is 0.892. The SMILES string of the molecule is C#CCCCNc1nc(CC)nc2sc(C)cc12. The number of rotatable bonds is 5. The number of terminal acetylenes is 1. The van der Waals surface area contributed by atoms with Gasteiger partial charge in [-0.05, 0) is 19.4 Å². The maximum Gasteiger partial charge on any atom is 0.138 e. The minimum absolute atomic E-state index is 0.796. The molecule has 4 heteroatoms. The molecule has 0 saturated heterocycles. The Morgan fingerprint density at radius 2 is 2.28 bits per heavy atom. The summed E-state index contributed by atoms with van der Waals surface area (Å²) in [6.07, 6.45) is 7.86. The van der Waals surface area contributed by atoms with Gasteiger partial charge >= 0.3 is 0 Å². The second-order valence-electron chi connectivity index (χ2n) is 4.15. The van der Waals surface area contributed by atoms with Gasteiger partial charge in [-0.2, -0.15) is 0 Å². The van der Waals surface area contributed by atoms with Crippen molar-refractivity contribution < 1.29 is 0 Å². The van der Waals surface area contributed by atoms with Crippen LogP contribution in [0.3, 0.4) is 0 Å². The number of anilines is 1. The fourth-order valence-corrected chi connectivity index (χ4v) is 2.67. The molecule has 0 radical (unpaired) electrons. The molecule has 0 aliphatic heterocycles. The molecule has 2 rings (SSSR count). The highest BCUT2D eigenvalue weighted by Crippen LogP contribution is 2.28. The summed E-state index contributed by atoms with van der Waals surface area (Å²) in [6.45, 7) is 5.03. The first-order valence-corrected chi connectivity index (χ1v) is 7.00. The van der Waals surface area contributed by atoms with Crippen LogP contribution in [-0.4, -0.2) is 16.5 Å². The quantitative estimate of drug-likeness (QED) is 0.660. The second-order valence-corrected chi connectivity index (χ2v) is 5.39. The lowest BCUT2D eigenvalue weighted by atomic mass is 10.3. The molecule has 94 valence electrons. The maximum atomic E-state index is 5.25. The Morgan fingerprint density at radius 1 is 1.44 bits per heavy atom. The summed E-state index contributed by atoms with van der Waals surface area (Å²) < 4.78 is 0. The van der Waals surface area contributed by atoms with E-state index in [0.717, 1.165) is 47.7 Å². The zero-order valence-corrected chi connectivity index (χ0v) is 11.6. The first kappa shape index (κ1) is 12.8. The molecule has 0 unspecified atom stereocenters. The topological polar surface area (TPSA) is 37.8 Å². The van der Waals surface area contributed by atoms with Crippen LogP contribution in [0.25, 0.3) is 10.2 Å². The number of thiophene rings is 1. The number of aryl methyl sites for hydroxylation is 2. The molecule has 1 N–H and O–H groups in total. The van der Waals surface area contributed by atoms with Gasteiger partial charge in [-0.15, -0.1) is 23.7 Å². The Kier molecular flexibility index (Phi) is 4.16. The van der Waals surface area contributed by atoms with Crippen molar-refractivity contribution in [3.05, 3.63) is 16.8 Å². The number of hydrogen-bond acceptors (Lipinski definition) is 4. The van der Waals surface area contributed by atoms with Crippen molar-refractivity contribution >= 4 is 27.4 Å². The van der Waals surface area contributed by atoms with E-state index in [0.29, 0.717) is 0 Å². The van der Waals surface area contributed by atoms with Crippen molar-refractivity contribution in [3.8, 4) is 12.3 Å². The summed E-state index contributed by atoms with van der Waals surface area (Å²) >= 11 is 1.72. The van der Waals surface area contributed by atoms with E-state index in [1.54, 1.807) is 11.3 Å². The molecule has 0 aliphatic carbocycles. The van der Waals surface area contributed by atoms with E-state index in [1.807, 2.05) is 0 Å². The van der Waals surface area contributed by atoms with E-state index in [4.69, 9.17) is 6.42 Å². The summed E-state index contributed by atoms with van der Waals surface area (Å²) in [5.41, 5.74) is 0. The molecule has 18 heavy (non-hydrogen) atoms. The Bertz CT molecular complexity index is 580. The van der Waals surface area contributed by atoms with E-state index in [2.05, 4.69) is 41.1 Å². The lowest BCUT2D eigenvalue weighted by Crippen LogP contribution is -2.05. The van der Waals surface area contributed by atoms with Crippen LogP contribution in [0.4, 0.5) is 5.82 Å². The molecule has 0 spiro atoms. The molecule has 0 atom stereocenters. The van der Waals surface area contributed by atoms with Crippen LogP contribution in [0.15, 0.2) is 6.07 Å². The summed E-state index contributed by atoms with van der Waals surface area (Å²) in [5.74, 6) is 4.48. The summed E-state index contributed by atoms with van der Waals surface area (Å²) in [5, 5.41) is 4.49. The van der Waals surface area contributed by atoms with Gasteiger partial charge in [0.25, 0.3) is 0 Å². The summed E-state index contributed by atoms with van der Waals surface area (Å²) in [4.78, 5) is 11.4. The van der Waals surface area contributed by atoms with Gasteiger partial charge in [-0.25, -0.2) is 9.97 Å². The zero-order chi connectivity index (χ0) is 13.0. The smallest absolute Gasteiger partial charge is 0.138 e. The van der Waals surface area contributed by atoms with Crippen LogP contribution in [-0.2, 0) is 6.42 Å². The third kappa shape index (κ3) is 2.80. The van der Waals surface area contributed by atoms with Crippen molar-refractivity contribution in [2.75, 3.05) is 11.9 Å². The number of aromatic nitrogens is 2. The van der Waals surface area contributed by atoms with Gasteiger partial charge in [0, 0.05) is 24.3 Å². The first-order valence-electron chi connectivity index (χ1n) is 6.19. The molecule has 0 aliphatic rings. The number of hydrogen-bond donors (Lipinski definition) is 1. The van der Waals surface area contributed by atoms with Crippen molar-refractivity contribution in [2.45, 2.75) is 33.1 Å². The molecular weight excluding hydrogens is 242 g/mol. The monoisotopic (exact) mass is 259 g/mol. The van der Waals surface area contributed by atoms with Crippen LogP contribution in [0.2, 0.25) is 0 Å². The molecule has 0 saturated carbocycles. The second kappa shape index (κ2) is 5.83. The predicted octanol–water partition coefficient (Wildman–Crippen LogP) is 3.39. The molecule has 2 aromatic rings. The van der Waals surface area contributed by atoms with E-state index in [9.17, 15) is 0 Å². The third-order valence-corrected chi connectivity index (χ3v) is 3.61. The van der Waals surface area contributed by atoms with Crippen LogP contribution in [0.1, 0.15) is 30.5 Å². The third-order valence-electron chi connectivity index (χ3n) is 2.67. The minimum atomic E-state index is 0.796. The molecule has 2 heterocycles. The predicted molar refractivity (Wildman–Crippen MR) is 78.1 cm³/mol. The van der Waals surface area contributed by atoms with Crippen LogP contribution in [0.5, 0.6) is 0 Å². The zero-order valence-electron chi connectivity index (χ0n) is 10.8. The van der Waals surface area contributed by atoms with Crippen LogP contribution < -0.4 is 5.32 Å². The number of fused-ring (bicyclic) bond motifs is 1. The molecule has 0 fully saturated rings. The molecule has 0 bridgehead atoms. The van der Waals surface area contributed by atoms with Gasteiger partial charge in [0.2, 0.25) is 0 Å². The highest BCUT2D eigenvalue weighted by molar-refractivity contribution is 7.18. The molecular formula is C14H17N3S. The van der Waals surface area contributed by atoms with Crippen molar-refractivity contribution in [3.63, 3.8) is 0 Å². The van der Waals surface area contributed by atoms with Gasteiger partial charge in [-0.3, -0.25) is 0 Å².